The van der Waals surface area contributed by atoms with Crippen LogP contribution in [-0.2, 0) is 4.74 Å². The second-order valence-corrected chi connectivity index (χ2v) is 13.6. The van der Waals surface area contributed by atoms with Crippen molar-refractivity contribution < 1.29 is 14.5 Å². The largest absolute Gasteiger partial charge is 0.444 e. The number of hydrogen-bond acceptors (Lipinski definition) is 5. The fraction of sp³-hybridized carbons (Fsp3) is 0.588. The minimum absolute atomic E-state index is 0.0658. The van der Waals surface area contributed by atoms with Crippen LogP contribution in [0.5, 0.6) is 0 Å². The van der Waals surface area contributed by atoms with Gasteiger partial charge in [0.15, 0.2) is 0 Å². The number of carbonyl (C=O) groups excluding carboxylic acids is 1. The lowest BCUT2D eigenvalue weighted by molar-refractivity contribution is -0.384. The molecule has 0 radical (unpaired) electrons. The van der Waals surface area contributed by atoms with Gasteiger partial charge in [0.05, 0.1) is 13.0 Å². The van der Waals surface area contributed by atoms with E-state index in [1.165, 1.54) is 12.1 Å². The molecule has 1 aliphatic heterocycles. The zero-order chi connectivity index (χ0) is 18.8. The van der Waals surface area contributed by atoms with Crippen LogP contribution < -0.4 is 10.2 Å². The van der Waals surface area contributed by atoms with E-state index < -0.39 is 19.8 Å². The summed E-state index contributed by atoms with van der Waals surface area (Å²) in [5, 5.41) is 14.0. The number of carbonyl (C=O) groups is 1. The molecular weight excluding hydrogens is 338 g/mol. The lowest BCUT2D eigenvalue weighted by Gasteiger charge is -2.36. The van der Waals surface area contributed by atoms with E-state index in [9.17, 15) is 14.9 Å². The molecule has 1 saturated heterocycles. The molecule has 0 atom stereocenters. The average Bonchev–Trinajstić information content (AvgIpc) is 2.44. The summed E-state index contributed by atoms with van der Waals surface area (Å²) in [4.78, 5) is 25.0. The lowest BCUT2D eigenvalue weighted by Crippen LogP contribution is -2.43. The van der Waals surface area contributed by atoms with Crippen molar-refractivity contribution in [2.45, 2.75) is 51.6 Å². The Morgan fingerprint density at radius 1 is 1.28 bits per heavy atom. The van der Waals surface area contributed by atoms with Crippen molar-refractivity contribution in [3.8, 4) is 0 Å². The number of benzene rings is 1. The van der Waals surface area contributed by atoms with Gasteiger partial charge in [-0.05, 0) is 45.0 Å². The molecule has 0 unspecified atom stereocenters. The first-order valence-corrected chi connectivity index (χ1v) is 11.9. The third-order valence-electron chi connectivity index (χ3n) is 4.28. The Hall–Kier alpha value is -2.09. The number of nitro benzene ring substituents is 1. The maximum atomic E-state index is 11.9. The standard InChI is InChI=1S/C17H27N3O4Si/c1-17(2,3)24-16(21)18-13-6-7-14(20(22)23)15(12-13)19-8-10-25(4,5)11-9-19/h6-7,12H,8-11H2,1-5H3,(H,18,21). The first kappa shape index (κ1) is 19.2. The average molecular weight is 366 g/mol. The van der Waals surface area contributed by atoms with Gasteiger partial charge in [-0.1, -0.05) is 13.1 Å². The molecule has 1 aromatic carbocycles. The zero-order valence-corrected chi connectivity index (χ0v) is 16.6. The van der Waals surface area contributed by atoms with E-state index >= 15 is 0 Å². The van der Waals surface area contributed by atoms with E-state index in [4.69, 9.17) is 4.74 Å². The number of anilines is 2. The number of nitrogens with zero attached hydrogens (tertiary/aromatic N) is 2. The van der Waals surface area contributed by atoms with Crippen LogP contribution in [0.2, 0.25) is 25.2 Å². The number of amides is 1. The normalized spacial score (nSPS) is 17.1. The molecule has 1 fully saturated rings. The van der Waals surface area contributed by atoms with E-state index in [1.807, 2.05) is 0 Å². The Morgan fingerprint density at radius 3 is 2.40 bits per heavy atom. The Morgan fingerprint density at radius 2 is 1.88 bits per heavy atom. The third kappa shape index (κ3) is 5.45. The van der Waals surface area contributed by atoms with Gasteiger partial charge < -0.3 is 9.64 Å². The van der Waals surface area contributed by atoms with E-state index in [2.05, 4.69) is 23.3 Å². The van der Waals surface area contributed by atoms with Crippen molar-refractivity contribution in [3.63, 3.8) is 0 Å². The van der Waals surface area contributed by atoms with Gasteiger partial charge in [-0.3, -0.25) is 15.4 Å². The molecule has 138 valence electrons. The molecule has 7 nitrogen and oxygen atoms in total. The molecule has 0 aliphatic carbocycles. The highest BCUT2D eigenvalue weighted by Crippen LogP contribution is 2.35. The third-order valence-corrected chi connectivity index (χ3v) is 7.43. The quantitative estimate of drug-likeness (QED) is 0.485. The Balaban J connectivity index is 2.22. The summed E-state index contributed by atoms with van der Waals surface area (Å²) in [6, 6.07) is 6.86. The highest BCUT2D eigenvalue weighted by molar-refractivity contribution is 6.77. The maximum Gasteiger partial charge on any atom is 0.412 e. The molecular formula is C17H27N3O4Si. The molecule has 1 amide bonds. The Labute approximate surface area is 149 Å². The summed E-state index contributed by atoms with van der Waals surface area (Å²) in [6.07, 6.45) is -0.570. The molecule has 2 rings (SSSR count). The van der Waals surface area contributed by atoms with Crippen LogP contribution in [0.3, 0.4) is 0 Å². The molecule has 0 bridgehead atoms. The van der Waals surface area contributed by atoms with Crippen LogP contribution in [0, 0.1) is 10.1 Å². The van der Waals surface area contributed by atoms with E-state index in [-0.39, 0.29) is 10.6 Å². The monoisotopic (exact) mass is 365 g/mol. The van der Waals surface area contributed by atoms with Crippen molar-refractivity contribution in [1.29, 1.82) is 0 Å². The highest BCUT2D eigenvalue weighted by atomic mass is 28.3. The van der Waals surface area contributed by atoms with E-state index in [0.29, 0.717) is 11.4 Å². The van der Waals surface area contributed by atoms with Gasteiger partial charge in [-0.25, -0.2) is 4.79 Å². The number of ether oxygens (including phenoxy) is 1. The molecule has 25 heavy (non-hydrogen) atoms. The summed E-state index contributed by atoms with van der Waals surface area (Å²) >= 11 is 0. The van der Waals surface area contributed by atoms with Crippen LogP contribution in [-0.4, -0.2) is 37.8 Å². The van der Waals surface area contributed by atoms with Gasteiger partial charge in [-0.15, -0.1) is 0 Å². The van der Waals surface area contributed by atoms with Crippen LogP contribution in [0.1, 0.15) is 20.8 Å². The summed E-state index contributed by atoms with van der Waals surface area (Å²) < 4.78 is 5.24. The summed E-state index contributed by atoms with van der Waals surface area (Å²) in [7, 11) is -1.18. The highest BCUT2D eigenvalue weighted by Gasteiger charge is 2.30. The van der Waals surface area contributed by atoms with Crippen molar-refractivity contribution >= 4 is 31.2 Å². The van der Waals surface area contributed by atoms with Crippen LogP contribution in [0.4, 0.5) is 21.9 Å². The van der Waals surface area contributed by atoms with E-state index in [1.54, 1.807) is 26.8 Å². The van der Waals surface area contributed by atoms with Crippen molar-refractivity contribution in [2.75, 3.05) is 23.3 Å². The van der Waals surface area contributed by atoms with E-state index in [0.717, 1.165) is 25.2 Å². The molecule has 1 aromatic rings. The maximum absolute atomic E-state index is 11.9. The molecule has 0 aromatic heterocycles. The van der Waals surface area contributed by atoms with Gasteiger partial charge in [0.1, 0.15) is 11.3 Å². The van der Waals surface area contributed by atoms with Gasteiger partial charge >= 0.3 is 6.09 Å². The number of rotatable bonds is 3. The van der Waals surface area contributed by atoms with Crippen LogP contribution >= 0.6 is 0 Å². The number of hydrogen-bond donors (Lipinski definition) is 1. The van der Waals surface area contributed by atoms with Crippen molar-refractivity contribution in [3.05, 3.63) is 28.3 Å². The number of nitrogens with one attached hydrogen (secondary N) is 1. The second kappa shape index (κ2) is 7.03. The van der Waals surface area contributed by atoms with Gasteiger partial charge in [0.2, 0.25) is 0 Å². The summed E-state index contributed by atoms with van der Waals surface area (Å²) in [5.41, 5.74) is 0.521. The smallest absolute Gasteiger partial charge is 0.412 e. The Kier molecular flexibility index (Phi) is 5.41. The topological polar surface area (TPSA) is 84.7 Å². The fourth-order valence-corrected chi connectivity index (χ4v) is 4.78. The first-order chi connectivity index (χ1) is 11.5. The fourth-order valence-electron chi connectivity index (χ4n) is 2.78. The number of nitro groups is 1. The molecule has 0 saturated carbocycles. The molecule has 1 heterocycles. The minimum atomic E-state index is -1.18. The van der Waals surface area contributed by atoms with Gasteiger partial charge in [0.25, 0.3) is 5.69 Å². The molecule has 0 spiro atoms. The molecule has 1 N–H and O–H groups in total. The predicted octanol–water partition coefficient (Wildman–Crippen LogP) is 4.47. The zero-order valence-electron chi connectivity index (χ0n) is 15.6. The van der Waals surface area contributed by atoms with Crippen molar-refractivity contribution in [1.82, 2.24) is 0 Å². The first-order valence-electron chi connectivity index (χ1n) is 8.50. The van der Waals surface area contributed by atoms with Crippen molar-refractivity contribution in [2.24, 2.45) is 0 Å². The van der Waals surface area contributed by atoms with Crippen LogP contribution in [0.25, 0.3) is 0 Å². The van der Waals surface area contributed by atoms with Crippen LogP contribution in [0.15, 0.2) is 18.2 Å². The minimum Gasteiger partial charge on any atom is -0.444 e. The Bertz CT molecular complexity index is 660. The predicted molar refractivity (Wildman–Crippen MR) is 102 cm³/mol. The second-order valence-electron chi connectivity index (χ2n) is 8.24. The van der Waals surface area contributed by atoms with Gasteiger partial charge in [0, 0.05) is 24.8 Å². The molecule has 8 heteroatoms. The molecule has 1 aliphatic rings. The lowest BCUT2D eigenvalue weighted by atomic mass is 10.2. The van der Waals surface area contributed by atoms with Gasteiger partial charge in [-0.2, -0.15) is 0 Å². The SMILES string of the molecule is CC(C)(C)OC(=O)Nc1ccc([N+](=O)[O-])c(N2CC[Si](C)(C)CC2)c1. The summed E-state index contributed by atoms with van der Waals surface area (Å²) in [6.45, 7) is 11.7. The summed E-state index contributed by atoms with van der Waals surface area (Å²) in [5.74, 6) is 0.